The SMILES string of the molecule is CC(=N)Cc1ccccc1N. The summed E-state index contributed by atoms with van der Waals surface area (Å²) < 4.78 is 0. The number of anilines is 1. The van der Waals surface area contributed by atoms with E-state index in [0.29, 0.717) is 12.1 Å². The Morgan fingerprint density at radius 1 is 1.45 bits per heavy atom. The molecule has 0 amide bonds. The summed E-state index contributed by atoms with van der Waals surface area (Å²) in [5.41, 5.74) is 8.13. The van der Waals surface area contributed by atoms with Crippen LogP contribution in [0.15, 0.2) is 24.3 Å². The van der Waals surface area contributed by atoms with Crippen molar-refractivity contribution in [2.45, 2.75) is 13.3 Å². The van der Waals surface area contributed by atoms with Gasteiger partial charge in [-0.15, -0.1) is 0 Å². The Bertz CT molecular complexity index is 266. The van der Waals surface area contributed by atoms with Crippen molar-refractivity contribution < 1.29 is 0 Å². The fraction of sp³-hybridized carbons (Fsp3) is 0.222. The first-order valence-electron chi connectivity index (χ1n) is 3.57. The van der Waals surface area contributed by atoms with Gasteiger partial charge in [-0.05, 0) is 18.6 Å². The van der Waals surface area contributed by atoms with Gasteiger partial charge in [0.05, 0.1) is 0 Å². The molecule has 0 unspecified atom stereocenters. The fourth-order valence-electron chi connectivity index (χ4n) is 0.981. The molecule has 0 saturated carbocycles. The van der Waals surface area contributed by atoms with Crippen LogP contribution in [0.5, 0.6) is 0 Å². The number of hydrogen-bond donors (Lipinski definition) is 2. The Kier molecular flexibility index (Phi) is 2.26. The predicted molar refractivity (Wildman–Crippen MR) is 48.0 cm³/mol. The Labute approximate surface area is 66.6 Å². The summed E-state index contributed by atoms with van der Waals surface area (Å²) >= 11 is 0. The smallest absolute Gasteiger partial charge is 0.0350 e. The van der Waals surface area contributed by atoms with Crippen LogP contribution in [0.2, 0.25) is 0 Å². The fourth-order valence-corrected chi connectivity index (χ4v) is 0.981. The molecule has 0 aliphatic heterocycles. The lowest BCUT2D eigenvalue weighted by Crippen LogP contribution is -1.99. The lowest BCUT2D eigenvalue weighted by molar-refractivity contribution is 1.27. The molecule has 0 aromatic heterocycles. The third-order valence-corrected chi connectivity index (χ3v) is 1.51. The van der Waals surface area contributed by atoms with Crippen molar-refractivity contribution in [1.29, 1.82) is 5.41 Å². The van der Waals surface area contributed by atoms with E-state index in [-0.39, 0.29) is 0 Å². The largest absolute Gasteiger partial charge is 0.398 e. The molecule has 1 rings (SSSR count). The van der Waals surface area contributed by atoms with E-state index in [1.165, 1.54) is 0 Å². The van der Waals surface area contributed by atoms with Gasteiger partial charge in [-0.3, -0.25) is 0 Å². The van der Waals surface area contributed by atoms with Crippen LogP contribution >= 0.6 is 0 Å². The summed E-state index contributed by atoms with van der Waals surface area (Å²) in [6, 6.07) is 7.65. The lowest BCUT2D eigenvalue weighted by Gasteiger charge is -2.02. The molecule has 58 valence electrons. The number of para-hydroxylation sites is 1. The number of hydrogen-bond acceptors (Lipinski definition) is 2. The molecule has 0 heterocycles. The van der Waals surface area contributed by atoms with Crippen molar-refractivity contribution in [3.8, 4) is 0 Å². The van der Waals surface area contributed by atoms with Crippen LogP contribution in [0.3, 0.4) is 0 Å². The molecule has 0 saturated heterocycles. The van der Waals surface area contributed by atoms with Gasteiger partial charge in [-0.2, -0.15) is 0 Å². The van der Waals surface area contributed by atoms with E-state index in [9.17, 15) is 0 Å². The first-order chi connectivity index (χ1) is 5.20. The van der Waals surface area contributed by atoms with Crippen LogP contribution in [0.4, 0.5) is 5.69 Å². The molecule has 0 aliphatic carbocycles. The number of nitrogen functional groups attached to an aromatic ring is 1. The molecule has 0 bridgehead atoms. The van der Waals surface area contributed by atoms with Gasteiger partial charge in [0, 0.05) is 17.8 Å². The van der Waals surface area contributed by atoms with Crippen molar-refractivity contribution in [2.24, 2.45) is 0 Å². The molecule has 0 fully saturated rings. The normalized spacial score (nSPS) is 9.55. The minimum Gasteiger partial charge on any atom is -0.398 e. The lowest BCUT2D eigenvalue weighted by atomic mass is 10.1. The average Bonchev–Trinajstić information content (AvgIpc) is 1.93. The number of rotatable bonds is 2. The van der Waals surface area contributed by atoms with Crippen molar-refractivity contribution >= 4 is 11.4 Å². The molecule has 0 radical (unpaired) electrons. The van der Waals surface area contributed by atoms with E-state index < -0.39 is 0 Å². The molecular weight excluding hydrogens is 136 g/mol. The van der Waals surface area contributed by atoms with Crippen LogP contribution in [0, 0.1) is 5.41 Å². The van der Waals surface area contributed by atoms with Crippen LogP contribution in [0.25, 0.3) is 0 Å². The second-order valence-electron chi connectivity index (χ2n) is 2.66. The minimum absolute atomic E-state index is 0.642. The van der Waals surface area contributed by atoms with Gasteiger partial charge < -0.3 is 11.1 Å². The van der Waals surface area contributed by atoms with Crippen LogP contribution < -0.4 is 5.73 Å². The van der Waals surface area contributed by atoms with E-state index in [1.54, 1.807) is 6.92 Å². The maximum absolute atomic E-state index is 7.27. The molecule has 3 N–H and O–H groups in total. The highest BCUT2D eigenvalue weighted by Crippen LogP contribution is 2.10. The Hall–Kier alpha value is -1.31. The minimum atomic E-state index is 0.642. The highest BCUT2D eigenvalue weighted by Gasteiger charge is 1.97. The van der Waals surface area contributed by atoms with E-state index >= 15 is 0 Å². The second kappa shape index (κ2) is 3.19. The van der Waals surface area contributed by atoms with Gasteiger partial charge in [0.2, 0.25) is 0 Å². The molecule has 1 aromatic rings. The van der Waals surface area contributed by atoms with Crippen LogP contribution in [0.1, 0.15) is 12.5 Å². The van der Waals surface area contributed by atoms with Gasteiger partial charge >= 0.3 is 0 Å². The third kappa shape index (κ3) is 2.08. The summed E-state index contributed by atoms with van der Waals surface area (Å²) in [6.45, 7) is 1.78. The van der Waals surface area contributed by atoms with Crippen molar-refractivity contribution in [2.75, 3.05) is 5.73 Å². The topological polar surface area (TPSA) is 49.9 Å². The highest BCUT2D eigenvalue weighted by atomic mass is 14.6. The van der Waals surface area contributed by atoms with Gasteiger partial charge in [0.15, 0.2) is 0 Å². The van der Waals surface area contributed by atoms with E-state index in [0.717, 1.165) is 11.3 Å². The maximum atomic E-state index is 7.27. The zero-order valence-corrected chi connectivity index (χ0v) is 6.59. The average molecular weight is 148 g/mol. The van der Waals surface area contributed by atoms with E-state index in [4.69, 9.17) is 11.1 Å². The standard InChI is InChI=1S/C9H12N2/c1-7(10)6-8-4-2-3-5-9(8)11/h2-5,10H,6,11H2,1H3. The molecule has 11 heavy (non-hydrogen) atoms. The first kappa shape index (κ1) is 7.79. The molecule has 0 spiro atoms. The number of nitrogens with one attached hydrogen (secondary N) is 1. The van der Waals surface area contributed by atoms with Crippen LogP contribution in [-0.4, -0.2) is 5.71 Å². The summed E-state index contributed by atoms with van der Waals surface area (Å²) in [6.07, 6.45) is 0.659. The van der Waals surface area contributed by atoms with Crippen LogP contribution in [-0.2, 0) is 6.42 Å². The highest BCUT2D eigenvalue weighted by molar-refractivity contribution is 5.82. The molecule has 1 aromatic carbocycles. The van der Waals surface area contributed by atoms with Gasteiger partial charge in [0.1, 0.15) is 0 Å². The van der Waals surface area contributed by atoms with Gasteiger partial charge in [-0.1, -0.05) is 18.2 Å². The molecule has 2 heteroatoms. The third-order valence-electron chi connectivity index (χ3n) is 1.51. The quantitative estimate of drug-likeness (QED) is 0.488. The summed E-state index contributed by atoms with van der Waals surface area (Å²) in [5, 5.41) is 7.27. The summed E-state index contributed by atoms with van der Waals surface area (Å²) in [4.78, 5) is 0. The number of benzene rings is 1. The van der Waals surface area contributed by atoms with Crippen molar-refractivity contribution in [1.82, 2.24) is 0 Å². The summed E-state index contributed by atoms with van der Waals surface area (Å²) in [7, 11) is 0. The zero-order chi connectivity index (χ0) is 8.27. The van der Waals surface area contributed by atoms with Crippen molar-refractivity contribution in [3.63, 3.8) is 0 Å². The molecule has 2 nitrogen and oxygen atoms in total. The number of nitrogens with two attached hydrogens (primary N) is 1. The van der Waals surface area contributed by atoms with Gasteiger partial charge in [-0.25, -0.2) is 0 Å². The molecular formula is C9H12N2. The second-order valence-corrected chi connectivity index (χ2v) is 2.66. The Morgan fingerprint density at radius 2 is 2.09 bits per heavy atom. The first-order valence-corrected chi connectivity index (χ1v) is 3.57. The zero-order valence-electron chi connectivity index (χ0n) is 6.59. The predicted octanol–water partition coefficient (Wildman–Crippen LogP) is 1.85. The summed E-state index contributed by atoms with van der Waals surface area (Å²) in [5.74, 6) is 0. The Balaban J connectivity index is 2.86. The molecule has 0 aliphatic rings. The van der Waals surface area contributed by atoms with E-state index in [1.807, 2.05) is 24.3 Å². The Morgan fingerprint density at radius 3 is 2.64 bits per heavy atom. The molecule has 0 atom stereocenters. The monoisotopic (exact) mass is 148 g/mol. The van der Waals surface area contributed by atoms with Crippen molar-refractivity contribution in [3.05, 3.63) is 29.8 Å². The maximum Gasteiger partial charge on any atom is 0.0350 e. The van der Waals surface area contributed by atoms with Gasteiger partial charge in [0.25, 0.3) is 0 Å². The van der Waals surface area contributed by atoms with E-state index in [2.05, 4.69) is 0 Å².